The largest absolute Gasteiger partial charge is 0.300 e. The quantitative estimate of drug-likeness (QED) is 0.644. The molecule has 0 amide bonds. The third-order valence-corrected chi connectivity index (χ3v) is 2.54. The van der Waals surface area contributed by atoms with Gasteiger partial charge in [-0.1, -0.05) is 36.4 Å². The Morgan fingerprint density at radius 1 is 1.36 bits per heavy atom. The van der Waals surface area contributed by atoms with Crippen LogP contribution in [-0.4, -0.2) is 24.5 Å². The lowest BCUT2D eigenvalue weighted by molar-refractivity contribution is 0.283. The zero-order chi connectivity index (χ0) is 10.4. The van der Waals surface area contributed by atoms with Crippen molar-refractivity contribution in [2.45, 2.75) is 19.4 Å². The molecule has 0 fully saturated rings. The molecule has 14 heavy (non-hydrogen) atoms. The first kappa shape index (κ1) is 11.0. The van der Waals surface area contributed by atoms with Crippen molar-refractivity contribution in [3.63, 3.8) is 0 Å². The van der Waals surface area contributed by atoms with E-state index >= 15 is 0 Å². The lowest BCUT2D eigenvalue weighted by atomic mass is 10.1. The van der Waals surface area contributed by atoms with Crippen molar-refractivity contribution in [1.29, 1.82) is 0 Å². The monoisotopic (exact) mass is 189 g/mol. The van der Waals surface area contributed by atoms with E-state index in [1.807, 2.05) is 6.08 Å². The SMILES string of the molecule is C=CCN(C)C(C)Cc1ccccc1. The van der Waals surface area contributed by atoms with E-state index in [1.54, 1.807) is 0 Å². The average Bonchev–Trinajstić information content (AvgIpc) is 2.19. The highest BCUT2D eigenvalue weighted by atomic mass is 15.1. The van der Waals surface area contributed by atoms with Crippen LogP contribution in [0.3, 0.4) is 0 Å². The summed E-state index contributed by atoms with van der Waals surface area (Å²) in [6.07, 6.45) is 3.05. The van der Waals surface area contributed by atoms with E-state index in [0.29, 0.717) is 6.04 Å². The Labute approximate surface area is 87.1 Å². The van der Waals surface area contributed by atoms with E-state index in [2.05, 4.69) is 55.8 Å². The molecule has 0 saturated heterocycles. The fraction of sp³-hybridized carbons (Fsp3) is 0.385. The Morgan fingerprint density at radius 2 is 2.00 bits per heavy atom. The molecule has 0 aliphatic carbocycles. The Bertz CT molecular complexity index is 266. The third kappa shape index (κ3) is 3.35. The van der Waals surface area contributed by atoms with Crippen molar-refractivity contribution in [3.8, 4) is 0 Å². The van der Waals surface area contributed by atoms with Crippen LogP contribution < -0.4 is 0 Å². The second kappa shape index (κ2) is 5.61. The number of benzene rings is 1. The Hall–Kier alpha value is -1.08. The zero-order valence-corrected chi connectivity index (χ0v) is 9.11. The smallest absolute Gasteiger partial charge is 0.0160 e. The van der Waals surface area contributed by atoms with Crippen molar-refractivity contribution in [1.82, 2.24) is 4.90 Å². The van der Waals surface area contributed by atoms with Crippen LogP contribution in [0.1, 0.15) is 12.5 Å². The number of hydrogen-bond acceptors (Lipinski definition) is 1. The van der Waals surface area contributed by atoms with Crippen LogP contribution in [0.2, 0.25) is 0 Å². The second-order valence-corrected chi connectivity index (χ2v) is 3.77. The molecule has 0 aliphatic heterocycles. The van der Waals surface area contributed by atoms with Gasteiger partial charge in [0.1, 0.15) is 0 Å². The number of rotatable bonds is 5. The van der Waals surface area contributed by atoms with Crippen molar-refractivity contribution < 1.29 is 0 Å². The molecule has 1 aromatic rings. The third-order valence-electron chi connectivity index (χ3n) is 2.54. The van der Waals surface area contributed by atoms with Gasteiger partial charge in [-0.25, -0.2) is 0 Å². The number of nitrogens with zero attached hydrogens (tertiary/aromatic N) is 1. The number of hydrogen-bond donors (Lipinski definition) is 0. The van der Waals surface area contributed by atoms with Crippen LogP contribution in [0.5, 0.6) is 0 Å². The molecule has 1 heteroatoms. The minimum Gasteiger partial charge on any atom is -0.300 e. The number of likely N-dealkylation sites (N-methyl/N-ethyl adjacent to an activating group) is 1. The maximum absolute atomic E-state index is 3.75. The Kier molecular flexibility index (Phi) is 4.41. The lowest BCUT2D eigenvalue weighted by Gasteiger charge is -2.23. The molecule has 1 nitrogen and oxygen atoms in total. The van der Waals surface area contributed by atoms with E-state index in [9.17, 15) is 0 Å². The highest BCUT2D eigenvalue weighted by Crippen LogP contribution is 2.06. The first-order chi connectivity index (χ1) is 6.74. The van der Waals surface area contributed by atoms with Gasteiger partial charge in [0.2, 0.25) is 0 Å². The summed E-state index contributed by atoms with van der Waals surface area (Å²) in [6, 6.07) is 11.2. The molecule has 0 spiro atoms. The van der Waals surface area contributed by atoms with Crippen molar-refractivity contribution in [2.75, 3.05) is 13.6 Å². The molecule has 1 unspecified atom stereocenters. The molecule has 0 aliphatic rings. The van der Waals surface area contributed by atoms with Crippen molar-refractivity contribution in [2.24, 2.45) is 0 Å². The van der Waals surface area contributed by atoms with Gasteiger partial charge in [-0.2, -0.15) is 0 Å². The maximum Gasteiger partial charge on any atom is 0.0160 e. The van der Waals surface area contributed by atoms with Gasteiger partial charge in [-0.3, -0.25) is 4.90 Å². The van der Waals surface area contributed by atoms with Crippen LogP contribution in [0, 0.1) is 0 Å². The topological polar surface area (TPSA) is 3.24 Å². The van der Waals surface area contributed by atoms with Gasteiger partial charge in [0.15, 0.2) is 0 Å². The molecule has 1 rings (SSSR count). The van der Waals surface area contributed by atoms with Gasteiger partial charge < -0.3 is 0 Å². The van der Waals surface area contributed by atoms with Crippen LogP contribution in [-0.2, 0) is 6.42 Å². The molecule has 1 atom stereocenters. The summed E-state index contributed by atoms with van der Waals surface area (Å²) in [5.74, 6) is 0. The minimum absolute atomic E-state index is 0.565. The van der Waals surface area contributed by atoms with E-state index in [-0.39, 0.29) is 0 Å². The standard InChI is InChI=1S/C13H19N/c1-4-10-14(3)12(2)11-13-8-6-5-7-9-13/h4-9,12H,1,10-11H2,2-3H3. The summed E-state index contributed by atoms with van der Waals surface area (Å²) in [5.41, 5.74) is 1.40. The molecule has 0 bridgehead atoms. The van der Waals surface area contributed by atoms with Gasteiger partial charge >= 0.3 is 0 Å². The summed E-state index contributed by atoms with van der Waals surface area (Å²) in [4.78, 5) is 2.31. The molecular formula is C13H19N. The highest BCUT2D eigenvalue weighted by molar-refractivity contribution is 5.15. The van der Waals surface area contributed by atoms with Crippen molar-refractivity contribution in [3.05, 3.63) is 48.6 Å². The lowest BCUT2D eigenvalue weighted by Crippen LogP contribution is -2.30. The Balaban J connectivity index is 2.48. The average molecular weight is 189 g/mol. The molecule has 0 radical (unpaired) electrons. The van der Waals surface area contributed by atoms with E-state index in [1.165, 1.54) is 5.56 Å². The first-order valence-corrected chi connectivity index (χ1v) is 5.09. The molecule has 0 heterocycles. The predicted molar refractivity (Wildman–Crippen MR) is 62.4 cm³/mol. The van der Waals surface area contributed by atoms with Crippen molar-refractivity contribution >= 4 is 0 Å². The van der Waals surface area contributed by atoms with Gasteiger partial charge in [-0.05, 0) is 26.0 Å². The fourth-order valence-electron chi connectivity index (χ4n) is 1.49. The molecule has 0 saturated carbocycles. The van der Waals surface area contributed by atoms with Gasteiger partial charge in [-0.15, -0.1) is 6.58 Å². The van der Waals surface area contributed by atoms with E-state index in [0.717, 1.165) is 13.0 Å². The van der Waals surface area contributed by atoms with Gasteiger partial charge in [0, 0.05) is 12.6 Å². The minimum atomic E-state index is 0.565. The van der Waals surface area contributed by atoms with E-state index < -0.39 is 0 Å². The molecule has 0 N–H and O–H groups in total. The Morgan fingerprint density at radius 3 is 2.57 bits per heavy atom. The zero-order valence-electron chi connectivity index (χ0n) is 9.11. The fourth-order valence-corrected chi connectivity index (χ4v) is 1.49. The first-order valence-electron chi connectivity index (χ1n) is 5.09. The molecule has 76 valence electrons. The maximum atomic E-state index is 3.75. The predicted octanol–water partition coefficient (Wildman–Crippen LogP) is 2.74. The van der Waals surface area contributed by atoms with Gasteiger partial charge in [0.05, 0.1) is 0 Å². The highest BCUT2D eigenvalue weighted by Gasteiger charge is 2.07. The molecular weight excluding hydrogens is 170 g/mol. The van der Waals surface area contributed by atoms with Crippen LogP contribution in [0.4, 0.5) is 0 Å². The summed E-state index contributed by atoms with van der Waals surface area (Å²) in [5, 5.41) is 0. The van der Waals surface area contributed by atoms with Crippen LogP contribution in [0.25, 0.3) is 0 Å². The van der Waals surface area contributed by atoms with Crippen LogP contribution >= 0.6 is 0 Å². The van der Waals surface area contributed by atoms with Crippen LogP contribution in [0.15, 0.2) is 43.0 Å². The second-order valence-electron chi connectivity index (χ2n) is 3.77. The summed E-state index contributed by atoms with van der Waals surface area (Å²) < 4.78 is 0. The summed E-state index contributed by atoms with van der Waals surface area (Å²) >= 11 is 0. The molecule has 0 aromatic heterocycles. The summed E-state index contributed by atoms with van der Waals surface area (Å²) in [7, 11) is 2.13. The molecule has 1 aromatic carbocycles. The van der Waals surface area contributed by atoms with E-state index in [4.69, 9.17) is 0 Å². The van der Waals surface area contributed by atoms with Gasteiger partial charge in [0.25, 0.3) is 0 Å². The summed E-state index contributed by atoms with van der Waals surface area (Å²) in [6.45, 7) is 6.95. The normalized spacial score (nSPS) is 12.8.